The van der Waals surface area contributed by atoms with Crippen LogP contribution >= 0.6 is 22.9 Å². The minimum absolute atomic E-state index is 0.0223. The summed E-state index contributed by atoms with van der Waals surface area (Å²) in [5.41, 5.74) is 2.14. The zero-order chi connectivity index (χ0) is 12.8. The highest BCUT2D eigenvalue weighted by Gasteiger charge is 2.20. The van der Waals surface area contributed by atoms with Crippen LogP contribution in [0.2, 0.25) is 0 Å². The molecule has 1 rings (SSSR count). The Morgan fingerprint density at radius 1 is 1.53 bits per heavy atom. The molecule has 1 aromatic heterocycles. The molecule has 96 valence electrons. The highest BCUT2D eigenvalue weighted by Crippen LogP contribution is 2.31. The number of alkyl halides is 1. The number of amides is 1. The van der Waals surface area contributed by atoms with E-state index >= 15 is 0 Å². The standard InChI is InChI=1S/C12H18ClNO2S/c1-4-10-7-17-9(3)12(10)14(8-16-5-2)11(15)6-13/h7H,4-6,8H2,1-3H3. The monoisotopic (exact) mass is 275 g/mol. The van der Waals surface area contributed by atoms with Gasteiger partial charge in [0.15, 0.2) is 0 Å². The Morgan fingerprint density at radius 3 is 2.76 bits per heavy atom. The number of nitrogens with zero attached hydrogens (tertiary/aromatic N) is 1. The van der Waals surface area contributed by atoms with Gasteiger partial charge < -0.3 is 4.74 Å². The lowest BCUT2D eigenvalue weighted by Gasteiger charge is -2.23. The number of carbonyl (C=O) groups excluding carboxylic acids is 1. The number of aryl methyl sites for hydroxylation is 2. The van der Waals surface area contributed by atoms with Crippen molar-refractivity contribution in [2.75, 3.05) is 24.1 Å². The van der Waals surface area contributed by atoms with Crippen LogP contribution in [0.5, 0.6) is 0 Å². The van der Waals surface area contributed by atoms with E-state index in [4.69, 9.17) is 16.3 Å². The van der Waals surface area contributed by atoms with E-state index in [1.54, 1.807) is 16.2 Å². The van der Waals surface area contributed by atoms with Crippen LogP contribution in [-0.2, 0) is 16.0 Å². The van der Waals surface area contributed by atoms with E-state index < -0.39 is 0 Å². The second-order valence-electron chi connectivity index (χ2n) is 3.60. The summed E-state index contributed by atoms with van der Waals surface area (Å²) in [6.45, 7) is 6.85. The second kappa shape index (κ2) is 6.99. The summed E-state index contributed by atoms with van der Waals surface area (Å²) in [6.07, 6.45) is 0.901. The van der Waals surface area contributed by atoms with Crippen molar-refractivity contribution in [1.29, 1.82) is 0 Å². The quantitative estimate of drug-likeness (QED) is 0.589. The van der Waals surface area contributed by atoms with E-state index in [9.17, 15) is 4.79 Å². The van der Waals surface area contributed by atoms with E-state index in [0.717, 1.165) is 17.0 Å². The molecule has 1 heterocycles. The Hall–Kier alpha value is -0.580. The van der Waals surface area contributed by atoms with Gasteiger partial charge in [-0.15, -0.1) is 22.9 Å². The van der Waals surface area contributed by atoms with Crippen LogP contribution in [0.15, 0.2) is 5.38 Å². The van der Waals surface area contributed by atoms with Gasteiger partial charge in [-0.3, -0.25) is 9.69 Å². The molecular formula is C12H18ClNO2S. The molecule has 0 N–H and O–H groups in total. The largest absolute Gasteiger partial charge is 0.361 e. The average Bonchev–Trinajstić information content (AvgIpc) is 2.71. The number of rotatable bonds is 6. The first-order valence-electron chi connectivity index (χ1n) is 5.66. The number of hydrogen-bond acceptors (Lipinski definition) is 3. The van der Waals surface area contributed by atoms with Crippen molar-refractivity contribution in [1.82, 2.24) is 0 Å². The van der Waals surface area contributed by atoms with Gasteiger partial charge in [0, 0.05) is 11.5 Å². The van der Waals surface area contributed by atoms with Gasteiger partial charge >= 0.3 is 0 Å². The summed E-state index contributed by atoms with van der Waals surface area (Å²) in [5, 5.41) is 2.09. The predicted octanol–water partition coefficient (Wildman–Crippen LogP) is 3.18. The Bertz CT molecular complexity index is 379. The maximum Gasteiger partial charge on any atom is 0.243 e. The molecule has 0 aliphatic heterocycles. The number of ether oxygens (including phenoxy) is 1. The minimum atomic E-state index is -0.115. The number of thiophene rings is 1. The first kappa shape index (κ1) is 14.5. The molecule has 1 amide bonds. The van der Waals surface area contributed by atoms with Gasteiger partial charge in [-0.25, -0.2) is 0 Å². The average molecular weight is 276 g/mol. The molecule has 0 radical (unpaired) electrons. The van der Waals surface area contributed by atoms with Crippen LogP contribution in [0.3, 0.4) is 0 Å². The SMILES string of the molecule is CCOCN(C(=O)CCl)c1c(CC)csc1C. The Labute approximate surface area is 111 Å². The van der Waals surface area contributed by atoms with Crippen LogP contribution in [-0.4, -0.2) is 25.1 Å². The van der Waals surface area contributed by atoms with Gasteiger partial charge in [0.2, 0.25) is 5.91 Å². The Kier molecular flexibility index (Phi) is 5.95. The summed E-state index contributed by atoms with van der Waals surface area (Å²) in [5.74, 6) is -0.137. The van der Waals surface area contributed by atoms with Gasteiger partial charge in [-0.1, -0.05) is 6.92 Å². The normalized spacial score (nSPS) is 10.6. The lowest BCUT2D eigenvalue weighted by molar-refractivity contribution is -0.117. The third kappa shape index (κ3) is 3.44. The first-order chi connectivity index (χ1) is 8.15. The maximum absolute atomic E-state index is 11.9. The first-order valence-corrected chi connectivity index (χ1v) is 7.08. The van der Waals surface area contributed by atoms with Gasteiger partial charge in [-0.2, -0.15) is 0 Å². The van der Waals surface area contributed by atoms with E-state index in [2.05, 4.69) is 12.3 Å². The smallest absolute Gasteiger partial charge is 0.243 e. The third-order valence-corrected chi connectivity index (χ3v) is 3.68. The van der Waals surface area contributed by atoms with Crippen molar-refractivity contribution in [3.05, 3.63) is 15.8 Å². The zero-order valence-corrected chi connectivity index (χ0v) is 12.0. The number of anilines is 1. The molecule has 0 atom stereocenters. The molecule has 0 spiro atoms. The lowest BCUT2D eigenvalue weighted by atomic mass is 10.2. The summed E-state index contributed by atoms with van der Waals surface area (Å²) in [7, 11) is 0. The Morgan fingerprint density at radius 2 is 2.24 bits per heavy atom. The zero-order valence-electron chi connectivity index (χ0n) is 10.5. The van der Waals surface area contributed by atoms with E-state index in [1.807, 2.05) is 13.8 Å². The molecule has 0 aliphatic carbocycles. The van der Waals surface area contributed by atoms with Crippen molar-refractivity contribution < 1.29 is 9.53 Å². The van der Waals surface area contributed by atoms with Crippen LogP contribution in [0.25, 0.3) is 0 Å². The fourth-order valence-electron chi connectivity index (χ4n) is 1.63. The van der Waals surface area contributed by atoms with Crippen molar-refractivity contribution in [2.45, 2.75) is 27.2 Å². The van der Waals surface area contributed by atoms with Gasteiger partial charge in [0.1, 0.15) is 12.6 Å². The van der Waals surface area contributed by atoms with Gasteiger partial charge in [-0.05, 0) is 31.2 Å². The molecule has 0 aromatic carbocycles. The van der Waals surface area contributed by atoms with E-state index in [1.165, 1.54) is 5.56 Å². The van der Waals surface area contributed by atoms with Crippen LogP contribution in [0.1, 0.15) is 24.3 Å². The fraction of sp³-hybridized carbons (Fsp3) is 0.583. The summed E-state index contributed by atoms with van der Waals surface area (Å²) < 4.78 is 5.35. The molecule has 17 heavy (non-hydrogen) atoms. The van der Waals surface area contributed by atoms with Crippen LogP contribution in [0.4, 0.5) is 5.69 Å². The fourth-order valence-corrected chi connectivity index (χ4v) is 2.72. The summed E-state index contributed by atoms with van der Waals surface area (Å²) in [4.78, 5) is 14.6. The highest BCUT2D eigenvalue weighted by atomic mass is 35.5. The molecular weight excluding hydrogens is 258 g/mol. The predicted molar refractivity (Wildman–Crippen MR) is 73.1 cm³/mol. The minimum Gasteiger partial charge on any atom is -0.361 e. The van der Waals surface area contributed by atoms with E-state index in [0.29, 0.717) is 6.61 Å². The topological polar surface area (TPSA) is 29.5 Å². The van der Waals surface area contributed by atoms with Crippen LogP contribution in [0, 0.1) is 6.92 Å². The molecule has 0 saturated carbocycles. The third-order valence-electron chi connectivity index (χ3n) is 2.51. The lowest BCUT2D eigenvalue weighted by Crippen LogP contribution is -2.35. The van der Waals surface area contributed by atoms with E-state index in [-0.39, 0.29) is 18.5 Å². The molecule has 0 bridgehead atoms. The molecule has 3 nitrogen and oxygen atoms in total. The van der Waals surface area contributed by atoms with Crippen molar-refractivity contribution in [2.24, 2.45) is 0 Å². The second-order valence-corrected chi connectivity index (χ2v) is 4.95. The van der Waals surface area contributed by atoms with Gasteiger partial charge in [0.25, 0.3) is 0 Å². The Balaban J connectivity index is 3.02. The summed E-state index contributed by atoms with van der Waals surface area (Å²) >= 11 is 7.30. The molecule has 5 heteroatoms. The molecule has 0 unspecified atom stereocenters. The highest BCUT2D eigenvalue weighted by molar-refractivity contribution is 7.10. The van der Waals surface area contributed by atoms with Crippen molar-refractivity contribution in [3.8, 4) is 0 Å². The molecule has 1 aromatic rings. The molecule has 0 fully saturated rings. The molecule has 0 aliphatic rings. The maximum atomic E-state index is 11.9. The van der Waals surface area contributed by atoms with Gasteiger partial charge in [0.05, 0.1) is 5.69 Å². The number of carbonyl (C=O) groups is 1. The summed E-state index contributed by atoms with van der Waals surface area (Å²) in [6, 6.07) is 0. The molecule has 0 saturated heterocycles. The van der Waals surface area contributed by atoms with Crippen molar-refractivity contribution in [3.63, 3.8) is 0 Å². The number of hydrogen-bond donors (Lipinski definition) is 0. The number of halogens is 1. The van der Waals surface area contributed by atoms with Crippen LogP contribution < -0.4 is 4.90 Å². The van der Waals surface area contributed by atoms with Crippen molar-refractivity contribution >= 4 is 34.5 Å².